The SMILES string of the molecule is C(#Cc1cc2cccccc-2c1)C(C#Cc1cc2cccccc-2c1)=C1c2ccccc2-c2ccccc21. The molecule has 174 valence electrons. The van der Waals surface area contributed by atoms with Gasteiger partial charge < -0.3 is 0 Å². The normalized spacial score (nSPS) is 11.2. The minimum atomic E-state index is 0.842. The van der Waals surface area contributed by atoms with E-state index in [4.69, 9.17) is 0 Å². The molecule has 0 saturated carbocycles. The molecule has 7 rings (SSSR count). The average Bonchev–Trinajstić information content (AvgIpc) is 3.51. The fourth-order valence-corrected chi connectivity index (χ4v) is 5.29. The van der Waals surface area contributed by atoms with Crippen LogP contribution in [0.15, 0.2) is 139 Å². The molecule has 5 aliphatic rings. The molecule has 0 fully saturated rings. The molecule has 0 unspecified atom stereocenters. The van der Waals surface area contributed by atoms with Crippen LogP contribution in [0, 0.1) is 23.7 Å². The van der Waals surface area contributed by atoms with Gasteiger partial charge in [-0.05, 0) is 68.8 Å². The Bertz CT molecular complexity index is 1720. The monoisotopic (exact) mass is 478 g/mol. The van der Waals surface area contributed by atoms with Crippen molar-refractivity contribution in [2.24, 2.45) is 0 Å². The Kier molecular flexibility index (Phi) is 5.37. The van der Waals surface area contributed by atoms with Gasteiger partial charge in [-0.2, -0.15) is 0 Å². The Morgan fingerprint density at radius 3 is 1.11 bits per heavy atom. The first-order chi connectivity index (χ1) is 18.8. The van der Waals surface area contributed by atoms with Gasteiger partial charge in [-0.15, -0.1) is 0 Å². The van der Waals surface area contributed by atoms with Crippen molar-refractivity contribution in [3.8, 4) is 57.1 Å². The van der Waals surface area contributed by atoms with Crippen LogP contribution in [0.5, 0.6) is 0 Å². The van der Waals surface area contributed by atoms with Crippen molar-refractivity contribution in [3.05, 3.63) is 161 Å². The molecule has 0 N–H and O–H groups in total. The van der Waals surface area contributed by atoms with Crippen LogP contribution in [0.1, 0.15) is 22.3 Å². The smallest absolute Gasteiger partial charge is 0.0622 e. The highest BCUT2D eigenvalue weighted by Crippen LogP contribution is 2.45. The van der Waals surface area contributed by atoms with Gasteiger partial charge in [0.25, 0.3) is 0 Å². The summed E-state index contributed by atoms with van der Waals surface area (Å²) in [6, 6.07) is 46.6. The molecule has 0 saturated heterocycles. The van der Waals surface area contributed by atoms with Crippen LogP contribution < -0.4 is 0 Å². The molecule has 0 aliphatic heterocycles. The van der Waals surface area contributed by atoms with Crippen LogP contribution in [-0.4, -0.2) is 0 Å². The summed E-state index contributed by atoms with van der Waals surface area (Å²) >= 11 is 0. The lowest BCUT2D eigenvalue weighted by Crippen LogP contribution is -1.88. The number of rotatable bonds is 0. The zero-order chi connectivity index (χ0) is 25.3. The lowest BCUT2D eigenvalue weighted by atomic mass is 9.98. The van der Waals surface area contributed by atoms with Crippen LogP contribution >= 0.6 is 0 Å². The Labute approximate surface area is 223 Å². The molecule has 0 radical (unpaired) electrons. The zero-order valence-electron chi connectivity index (χ0n) is 20.7. The molecule has 2 aromatic carbocycles. The number of hydrogen-bond acceptors (Lipinski definition) is 0. The molecule has 0 heteroatoms. The van der Waals surface area contributed by atoms with Gasteiger partial charge in [-0.25, -0.2) is 0 Å². The maximum Gasteiger partial charge on any atom is 0.0836 e. The van der Waals surface area contributed by atoms with E-state index in [-0.39, 0.29) is 0 Å². The highest BCUT2D eigenvalue weighted by Gasteiger charge is 2.24. The molecule has 2 aromatic rings. The Morgan fingerprint density at radius 2 is 0.711 bits per heavy atom. The summed E-state index contributed by atoms with van der Waals surface area (Å²) in [5, 5.41) is 0. The van der Waals surface area contributed by atoms with Gasteiger partial charge in [0.2, 0.25) is 0 Å². The highest BCUT2D eigenvalue weighted by molar-refractivity contribution is 6.04. The van der Waals surface area contributed by atoms with E-state index in [1.54, 1.807) is 0 Å². The van der Waals surface area contributed by atoms with Gasteiger partial charge in [-0.1, -0.05) is 133 Å². The first-order valence-electron chi connectivity index (χ1n) is 12.8. The van der Waals surface area contributed by atoms with Gasteiger partial charge in [0, 0.05) is 16.7 Å². The van der Waals surface area contributed by atoms with E-state index in [2.05, 4.69) is 145 Å². The van der Waals surface area contributed by atoms with Gasteiger partial charge in [0.1, 0.15) is 0 Å². The quantitative estimate of drug-likeness (QED) is 0.191. The maximum atomic E-state index is 3.49. The largest absolute Gasteiger partial charge is 0.0836 e. The number of allylic oxidation sites excluding steroid dienone is 1. The lowest BCUT2D eigenvalue weighted by molar-refractivity contribution is 1.64. The van der Waals surface area contributed by atoms with Crippen molar-refractivity contribution >= 4 is 5.57 Å². The summed E-state index contributed by atoms with van der Waals surface area (Å²) in [4.78, 5) is 0. The Balaban J connectivity index is 1.43. The molecule has 38 heavy (non-hydrogen) atoms. The molecule has 0 aromatic heterocycles. The first kappa shape index (κ1) is 21.9. The predicted molar refractivity (Wildman–Crippen MR) is 158 cm³/mol. The van der Waals surface area contributed by atoms with Crippen LogP contribution in [0.25, 0.3) is 39.0 Å². The number of benzene rings is 2. The summed E-state index contributed by atoms with van der Waals surface area (Å²) in [6.07, 6.45) is 0. The van der Waals surface area contributed by atoms with Crippen molar-refractivity contribution < 1.29 is 0 Å². The van der Waals surface area contributed by atoms with E-state index >= 15 is 0 Å². The molecule has 0 bridgehead atoms. The maximum absolute atomic E-state index is 3.49. The molecule has 0 heterocycles. The van der Waals surface area contributed by atoms with Crippen LogP contribution in [0.2, 0.25) is 0 Å². The van der Waals surface area contributed by atoms with Crippen molar-refractivity contribution in [1.29, 1.82) is 0 Å². The summed E-state index contributed by atoms with van der Waals surface area (Å²) in [7, 11) is 0. The van der Waals surface area contributed by atoms with Crippen LogP contribution in [0.3, 0.4) is 0 Å². The van der Waals surface area contributed by atoms with E-state index in [9.17, 15) is 0 Å². The number of fused-ring (bicyclic) bond motifs is 5. The van der Waals surface area contributed by atoms with E-state index in [1.807, 2.05) is 12.1 Å². The highest BCUT2D eigenvalue weighted by atomic mass is 14.3. The van der Waals surface area contributed by atoms with E-state index in [0.717, 1.165) is 22.3 Å². The van der Waals surface area contributed by atoms with Crippen molar-refractivity contribution in [1.82, 2.24) is 0 Å². The summed E-state index contributed by atoms with van der Waals surface area (Å²) < 4.78 is 0. The van der Waals surface area contributed by atoms with Gasteiger partial charge in [-0.3, -0.25) is 0 Å². The molecule has 0 spiro atoms. The summed E-state index contributed by atoms with van der Waals surface area (Å²) in [5.74, 6) is 13.9. The van der Waals surface area contributed by atoms with Crippen molar-refractivity contribution in [2.45, 2.75) is 0 Å². The third-order valence-electron chi connectivity index (χ3n) is 7.05. The fraction of sp³-hybridized carbons (Fsp3) is 0. The topological polar surface area (TPSA) is 0 Å². The molecule has 0 atom stereocenters. The summed E-state index contributed by atoms with van der Waals surface area (Å²) in [6.45, 7) is 0. The van der Waals surface area contributed by atoms with E-state index in [0.29, 0.717) is 0 Å². The van der Waals surface area contributed by atoms with E-state index < -0.39 is 0 Å². The lowest BCUT2D eigenvalue weighted by Gasteiger charge is -2.03. The third kappa shape index (κ3) is 3.96. The molecule has 0 amide bonds. The first-order valence-corrected chi connectivity index (χ1v) is 12.8. The van der Waals surface area contributed by atoms with Gasteiger partial charge >= 0.3 is 0 Å². The average molecular weight is 479 g/mol. The van der Waals surface area contributed by atoms with Gasteiger partial charge in [0.15, 0.2) is 0 Å². The van der Waals surface area contributed by atoms with Crippen molar-refractivity contribution in [3.63, 3.8) is 0 Å². The Morgan fingerprint density at radius 1 is 0.368 bits per heavy atom. The second-order valence-electron chi connectivity index (χ2n) is 9.47. The standard InChI is InChI=1S/C38H22/c1-3-11-30-23-27(24-31(30)12-4-1)19-21-29(22-20-28-25-32-13-5-2-6-14-33(32)26-28)38-36-17-9-7-15-34(36)35-16-8-10-18-37(35)38/h1-18,23-26H. The van der Waals surface area contributed by atoms with Crippen LogP contribution in [0.4, 0.5) is 0 Å². The Hall–Kier alpha value is -5.30. The second kappa shape index (κ2) is 9.29. The molecular weight excluding hydrogens is 456 g/mol. The number of hydrogen-bond donors (Lipinski definition) is 0. The second-order valence-corrected chi connectivity index (χ2v) is 9.47. The van der Waals surface area contributed by atoms with Crippen molar-refractivity contribution in [2.75, 3.05) is 0 Å². The predicted octanol–water partition coefficient (Wildman–Crippen LogP) is 8.78. The minimum Gasteiger partial charge on any atom is -0.0622 e. The van der Waals surface area contributed by atoms with Crippen LogP contribution in [-0.2, 0) is 0 Å². The minimum absolute atomic E-state index is 0.842. The third-order valence-corrected chi connectivity index (χ3v) is 7.05. The van der Waals surface area contributed by atoms with Gasteiger partial charge in [0.05, 0.1) is 5.57 Å². The molecule has 5 aliphatic carbocycles. The zero-order valence-corrected chi connectivity index (χ0v) is 20.7. The molecular formula is C38H22. The van der Waals surface area contributed by atoms with E-state index in [1.165, 1.54) is 44.5 Å². The summed E-state index contributed by atoms with van der Waals surface area (Å²) in [5.41, 5.74) is 13.5. The fourth-order valence-electron chi connectivity index (χ4n) is 5.29. The molecule has 0 nitrogen and oxygen atoms in total.